The maximum atomic E-state index is 12.4. The number of aromatic nitrogens is 2. The van der Waals surface area contributed by atoms with Crippen LogP contribution in [0.4, 0.5) is 5.69 Å². The number of anilines is 1. The van der Waals surface area contributed by atoms with Crippen molar-refractivity contribution in [2.24, 2.45) is 0 Å². The lowest BCUT2D eigenvalue weighted by Crippen LogP contribution is -2.15. The molecule has 0 aliphatic carbocycles. The van der Waals surface area contributed by atoms with Crippen LogP contribution in [0.15, 0.2) is 48.0 Å². The highest BCUT2D eigenvalue weighted by molar-refractivity contribution is 7.13. The SMILES string of the molecule is CCOc1cc(C)ccc1NC(=O)Cc1csc(-c2ccccn2)n1. The van der Waals surface area contributed by atoms with Gasteiger partial charge in [0.15, 0.2) is 0 Å². The standard InChI is InChI=1S/C19H19N3O2S/c1-3-24-17-10-13(2)7-8-15(17)22-18(23)11-14-12-25-19(21-14)16-6-4-5-9-20-16/h4-10,12H,3,11H2,1-2H3,(H,22,23). The first-order chi connectivity index (χ1) is 12.2. The van der Waals surface area contributed by atoms with Crippen molar-refractivity contribution in [2.75, 3.05) is 11.9 Å². The van der Waals surface area contributed by atoms with Crippen LogP contribution >= 0.6 is 11.3 Å². The summed E-state index contributed by atoms with van der Waals surface area (Å²) in [5.74, 6) is 0.561. The zero-order chi connectivity index (χ0) is 17.6. The molecule has 2 heterocycles. The molecule has 0 fully saturated rings. The van der Waals surface area contributed by atoms with E-state index in [4.69, 9.17) is 4.74 Å². The highest BCUT2D eigenvalue weighted by atomic mass is 32.1. The van der Waals surface area contributed by atoms with E-state index in [2.05, 4.69) is 15.3 Å². The van der Waals surface area contributed by atoms with Gasteiger partial charge in [-0.2, -0.15) is 0 Å². The molecule has 128 valence electrons. The summed E-state index contributed by atoms with van der Waals surface area (Å²) >= 11 is 1.49. The second-order valence-electron chi connectivity index (χ2n) is 5.52. The monoisotopic (exact) mass is 353 g/mol. The van der Waals surface area contributed by atoms with Gasteiger partial charge in [0.1, 0.15) is 10.8 Å². The Morgan fingerprint density at radius 2 is 2.16 bits per heavy atom. The summed E-state index contributed by atoms with van der Waals surface area (Å²) in [7, 11) is 0. The van der Waals surface area contributed by atoms with E-state index in [0.29, 0.717) is 18.0 Å². The summed E-state index contributed by atoms with van der Waals surface area (Å²) in [6.07, 6.45) is 1.94. The molecule has 1 aromatic carbocycles. The van der Waals surface area contributed by atoms with Crippen LogP contribution in [0.25, 0.3) is 10.7 Å². The first-order valence-electron chi connectivity index (χ1n) is 8.05. The van der Waals surface area contributed by atoms with Gasteiger partial charge in [-0.3, -0.25) is 9.78 Å². The molecular formula is C19H19N3O2S. The van der Waals surface area contributed by atoms with Gasteiger partial charge >= 0.3 is 0 Å². The van der Waals surface area contributed by atoms with Crippen molar-refractivity contribution in [2.45, 2.75) is 20.3 Å². The molecule has 6 heteroatoms. The Hall–Kier alpha value is -2.73. The molecule has 3 rings (SSSR count). The molecule has 0 aliphatic heterocycles. The first-order valence-corrected chi connectivity index (χ1v) is 8.93. The van der Waals surface area contributed by atoms with Crippen molar-refractivity contribution in [1.29, 1.82) is 0 Å². The molecule has 0 atom stereocenters. The number of rotatable bonds is 6. The van der Waals surface area contributed by atoms with Gasteiger partial charge in [0, 0.05) is 11.6 Å². The molecule has 0 saturated carbocycles. The molecule has 1 amide bonds. The minimum Gasteiger partial charge on any atom is -0.492 e. The molecule has 2 aromatic heterocycles. The number of hydrogen-bond acceptors (Lipinski definition) is 5. The molecule has 0 bridgehead atoms. The number of benzene rings is 1. The Morgan fingerprint density at radius 1 is 1.28 bits per heavy atom. The van der Waals surface area contributed by atoms with Crippen molar-refractivity contribution in [3.8, 4) is 16.5 Å². The van der Waals surface area contributed by atoms with Crippen molar-refractivity contribution < 1.29 is 9.53 Å². The number of carbonyl (C=O) groups excluding carboxylic acids is 1. The number of hydrogen-bond donors (Lipinski definition) is 1. The third-order valence-corrected chi connectivity index (χ3v) is 4.40. The van der Waals surface area contributed by atoms with Crippen LogP contribution in [0.2, 0.25) is 0 Å². The number of nitrogens with zero attached hydrogens (tertiary/aromatic N) is 2. The van der Waals surface area contributed by atoms with Gasteiger partial charge in [-0.05, 0) is 43.7 Å². The fourth-order valence-electron chi connectivity index (χ4n) is 2.36. The van der Waals surface area contributed by atoms with Crippen LogP contribution in [0.5, 0.6) is 5.75 Å². The van der Waals surface area contributed by atoms with Gasteiger partial charge in [-0.15, -0.1) is 11.3 Å². The van der Waals surface area contributed by atoms with E-state index in [-0.39, 0.29) is 12.3 Å². The Bertz CT molecular complexity index is 862. The third kappa shape index (κ3) is 4.42. The molecule has 5 nitrogen and oxygen atoms in total. The van der Waals surface area contributed by atoms with Crippen LogP contribution in [-0.2, 0) is 11.2 Å². The van der Waals surface area contributed by atoms with E-state index in [1.807, 2.05) is 55.6 Å². The van der Waals surface area contributed by atoms with Crippen LogP contribution in [0.1, 0.15) is 18.2 Å². The lowest BCUT2D eigenvalue weighted by atomic mass is 10.2. The molecular weight excluding hydrogens is 334 g/mol. The molecule has 0 radical (unpaired) electrons. The molecule has 0 unspecified atom stereocenters. The summed E-state index contributed by atoms with van der Waals surface area (Å²) in [4.78, 5) is 21.1. The predicted molar refractivity (Wildman–Crippen MR) is 100 cm³/mol. The maximum absolute atomic E-state index is 12.4. The second-order valence-corrected chi connectivity index (χ2v) is 6.37. The topological polar surface area (TPSA) is 64.1 Å². The van der Waals surface area contributed by atoms with Gasteiger partial charge in [-0.25, -0.2) is 4.98 Å². The zero-order valence-corrected chi connectivity index (χ0v) is 15.0. The summed E-state index contributed by atoms with van der Waals surface area (Å²) in [5, 5.41) is 5.61. The fourth-order valence-corrected chi connectivity index (χ4v) is 3.16. The van der Waals surface area contributed by atoms with E-state index in [1.165, 1.54) is 11.3 Å². The van der Waals surface area contributed by atoms with Gasteiger partial charge in [0.05, 0.1) is 30.1 Å². The normalized spacial score (nSPS) is 10.5. The number of ether oxygens (including phenoxy) is 1. The summed E-state index contributed by atoms with van der Waals surface area (Å²) in [6, 6.07) is 11.4. The lowest BCUT2D eigenvalue weighted by Gasteiger charge is -2.12. The van der Waals surface area contributed by atoms with Crippen LogP contribution in [-0.4, -0.2) is 22.5 Å². The average molecular weight is 353 g/mol. The number of amides is 1. The van der Waals surface area contributed by atoms with E-state index in [0.717, 1.165) is 22.0 Å². The van der Waals surface area contributed by atoms with Crippen LogP contribution in [0.3, 0.4) is 0 Å². The van der Waals surface area contributed by atoms with Crippen LogP contribution < -0.4 is 10.1 Å². The maximum Gasteiger partial charge on any atom is 0.230 e. The smallest absolute Gasteiger partial charge is 0.230 e. The van der Waals surface area contributed by atoms with Gasteiger partial charge in [-0.1, -0.05) is 12.1 Å². The minimum absolute atomic E-state index is 0.123. The van der Waals surface area contributed by atoms with E-state index in [1.54, 1.807) is 6.20 Å². The van der Waals surface area contributed by atoms with Crippen LogP contribution in [0, 0.1) is 6.92 Å². The number of aryl methyl sites for hydroxylation is 1. The zero-order valence-electron chi connectivity index (χ0n) is 14.2. The molecule has 25 heavy (non-hydrogen) atoms. The highest BCUT2D eigenvalue weighted by Crippen LogP contribution is 2.26. The quantitative estimate of drug-likeness (QED) is 0.725. The number of thiazole rings is 1. The Balaban J connectivity index is 1.68. The Labute approximate surface area is 150 Å². The van der Waals surface area contributed by atoms with Crippen molar-refractivity contribution >= 4 is 22.9 Å². The third-order valence-electron chi connectivity index (χ3n) is 3.49. The van der Waals surface area contributed by atoms with E-state index < -0.39 is 0 Å². The van der Waals surface area contributed by atoms with Gasteiger partial charge in [0.25, 0.3) is 0 Å². The second kappa shape index (κ2) is 7.90. The molecule has 3 aromatic rings. The number of nitrogens with one attached hydrogen (secondary N) is 1. The highest BCUT2D eigenvalue weighted by Gasteiger charge is 2.12. The van der Waals surface area contributed by atoms with E-state index >= 15 is 0 Å². The summed E-state index contributed by atoms with van der Waals surface area (Å²) in [5.41, 5.74) is 3.31. The summed E-state index contributed by atoms with van der Waals surface area (Å²) < 4.78 is 5.59. The average Bonchev–Trinajstić information content (AvgIpc) is 3.07. The predicted octanol–water partition coefficient (Wildman–Crippen LogP) is 4.09. The minimum atomic E-state index is -0.123. The molecule has 0 aliphatic rings. The Kier molecular flexibility index (Phi) is 5.40. The first kappa shape index (κ1) is 17.1. The van der Waals surface area contributed by atoms with Crippen molar-refractivity contribution in [1.82, 2.24) is 9.97 Å². The Morgan fingerprint density at radius 3 is 2.92 bits per heavy atom. The van der Waals surface area contributed by atoms with Crippen molar-refractivity contribution in [3.63, 3.8) is 0 Å². The lowest BCUT2D eigenvalue weighted by molar-refractivity contribution is -0.115. The largest absolute Gasteiger partial charge is 0.492 e. The van der Waals surface area contributed by atoms with Gasteiger partial charge in [0.2, 0.25) is 5.91 Å². The molecule has 0 saturated heterocycles. The number of carbonyl (C=O) groups is 1. The molecule has 0 spiro atoms. The summed E-state index contributed by atoms with van der Waals surface area (Å²) in [6.45, 7) is 4.46. The number of pyridine rings is 1. The van der Waals surface area contributed by atoms with Gasteiger partial charge < -0.3 is 10.1 Å². The fraction of sp³-hybridized carbons (Fsp3) is 0.211. The molecule has 1 N–H and O–H groups in total. The van der Waals surface area contributed by atoms with E-state index in [9.17, 15) is 4.79 Å². The van der Waals surface area contributed by atoms with Crippen molar-refractivity contribution in [3.05, 3.63) is 59.2 Å².